The monoisotopic (exact) mass is 484 g/mol. The van der Waals surface area contributed by atoms with E-state index in [0.29, 0.717) is 11.5 Å². The number of sulfonamides is 1. The van der Waals surface area contributed by atoms with Gasteiger partial charge < -0.3 is 14.8 Å². The summed E-state index contributed by atoms with van der Waals surface area (Å²) in [5.41, 5.74) is 0. The molecule has 1 atom stereocenters. The van der Waals surface area contributed by atoms with Crippen molar-refractivity contribution in [1.82, 2.24) is 10.0 Å². The maximum atomic E-state index is 12.6. The normalized spacial score (nSPS) is 12.4. The predicted octanol–water partition coefficient (Wildman–Crippen LogP) is 2.96. The van der Waals surface area contributed by atoms with E-state index in [-0.39, 0.29) is 24.0 Å². The van der Waals surface area contributed by atoms with Crippen LogP contribution in [0, 0.1) is 5.92 Å². The van der Waals surface area contributed by atoms with Gasteiger partial charge in [-0.1, -0.05) is 41.9 Å². The number of halogens is 1. The van der Waals surface area contributed by atoms with Gasteiger partial charge in [-0.3, -0.25) is 4.79 Å². The average molecular weight is 485 g/mol. The highest BCUT2D eigenvalue weighted by Gasteiger charge is 2.28. The van der Waals surface area contributed by atoms with E-state index >= 15 is 0 Å². The van der Waals surface area contributed by atoms with E-state index in [4.69, 9.17) is 9.47 Å². The lowest BCUT2D eigenvalue weighted by molar-refractivity contribution is -0.123. The molecular weight excluding hydrogens is 460 g/mol. The molecule has 0 heterocycles. The summed E-state index contributed by atoms with van der Waals surface area (Å²) in [7, 11) is -2.28. The Labute approximate surface area is 180 Å². The first-order chi connectivity index (χ1) is 13.7. The summed E-state index contributed by atoms with van der Waals surface area (Å²) in [6.07, 6.45) is 0. The topological polar surface area (TPSA) is 93.7 Å². The minimum absolute atomic E-state index is 0.0960. The van der Waals surface area contributed by atoms with Crippen LogP contribution in [0.3, 0.4) is 0 Å². The van der Waals surface area contributed by atoms with E-state index in [1.807, 2.05) is 12.1 Å². The molecule has 0 spiro atoms. The molecular formula is C20H25BrN2O5S. The van der Waals surface area contributed by atoms with Crippen molar-refractivity contribution in [2.75, 3.05) is 20.3 Å². The molecule has 0 radical (unpaired) electrons. The van der Waals surface area contributed by atoms with Crippen LogP contribution in [-0.2, 0) is 14.8 Å². The summed E-state index contributed by atoms with van der Waals surface area (Å²) in [4.78, 5) is 12.7. The van der Waals surface area contributed by atoms with Gasteiger partial charge in [-0.15, -0.1) is 0 Å². The van der Waals surface area contributed by atoms with Crippen LogP contribution < -0.4 is 19.5 Å². The highest BCUT2D eigenvalue weighted by atomic mass is 79.9. The summed E-state index contributed by atoms with van der Waals surface area (Å²) >= 11 is 3.27. The molecule has 0 saturated heterocycles. The number of nitrogens with one attached hydrogen (secondary N) is 2. The molecule has 0 aromatic heterocycles. The summed E-state index contributed by atoms with van der Waals surface area (Å²) in [5.74, 6) is 0.515. The van der Waals surface area contributed by atoms with E-state index < -0.39 is 22.0 Å². The van der Waals surface area contributed by atoms with Crippen LogP contribution >= 0.6 is 15.9 Å². The quantitative estimate of drug-likeness (QED) is 0.505. The first-order valence-electron chi connectivity index (χ1n) is 9.06. The lowest BCUT2D eigenvalue weighted by Crippen LogP contribution is -2.50. The predicted molar refractivity (Wildman–Crippen MR) is 115 cm³/mol. The molecule has 2 aromatic carbocycles. The Hall–Kier alpha value is -2.10. The molecule has 1 amide bonds. The third-order valence-electron chi connectivity index (χ3n) is 4.08. The summed E-state index contributed by atoms with van der Waals surface area (Å²) in [6, 6.07) is 12.5. The molecule has 0 fully saturated rings. The van der Waals surface area contributed by atoms with Crippen LogP contribution in [0.1, 0.15) is 13.8 Å². The van der Waals surface area contributed by atoms with Crippen molar-refractivity contribution < 1.29 is 22.7 Å². The molecule has 2 N–H and O–H groups in total. The van der Waals surface area contributed by atoms with Crippen molar-refractivity contribution in [3.63, 3.8) is 0 Å². The molecule has 0 aliphatic rings. The summed E-state index contributed by atoms with van der Waals surface area (Å²) in [6.45, 7) is 4.00. The van der Waals surface area contributed by atoms with Crippen molar-refractivity contribution in [3.8, 4) is 11.5 Å². The zero-order valence-electron chi connectivity index (χ0n) is 16.5. The van der Waals surface area contributed by atoms with Gasteiger partial charge in [-0.2, -0.15) is 4.72 Å². The van der Waals surface area contributed by atoms with Crippen molar-refractivity contribution in [2.45, 2.75) is 24.8 Å². The second-order valence-corrected chi connectivity index (χ2v) is 9.22. The molecule has 7 nitrogen and oxygen atoms in total. The van der Waals surface area contributed by atoms with Crippen LogP contribution in [0.4, 0.5) is 0 Å². The minimum atomic E-state index is -3.83. The number of hydrogen-bond acceptors (Lipinski definition) is 5. The Morgan fingerprint density at radius 3 is 2.28 bits per heavy atom. The van der Waals surface area contributed by atoms with E-state index in [0.717, 1.165) is 4.47 Å². The fourth-order valence-corrected chi connectivity index (χ4v) is 4.13. The molecule has 29 heavy (non-hydrogen) atoms. The largest absolute Gasteiger partial charge is 0.493 e. The molecule has 0 saturated carbocycles. The fraction of sp³-hybridized carbons (Fsp3) is 0.350. The van der Waals surface area contributed by atoms with Crippen LogP contribution in [0.2, 0.25) is 0 Å². The van der Waals surface area contributed by atoms with Gasteiger partial charge >= 0.3 is 0 Å². The molecule has 2 aromatic rings. The number of rotatable bonds is 10. The maximum absolute atomic E-state index is 12.6. The van der Waals surface area contributed by atoms with Gasteiger partial charge in [0.2, 0.25) is 15.9 Å². The second-order valence-electron chi connectivity index (χ2n) is 6.59. The SMILES string of the molecule is COc1ccccc1OCCNC(=O)[C@@H](NS(=O)(=O)c1ccc(Br)cc1)C(C)C. The molecule has 0 unspecified atom stereocenters. The lowest BCUT2D eigenvalue weighted by atomic mass is 10.1. The number of methoxy groups -OCH3 is 1. The Morgan fingerprint density at radius 2 is 1.69 bits per heavy atom. The molecule has 0 aliphatic carbocycles. The number of benzene rings is 2. The molecule has 158 valence electrons. The zero-order valence-corrected chi connectivity index (χ0v) is 18.9. The Balaban J connectivity index is 1.94. The maximum Gasteiger partial charge on any atom is 0.241 e. The van der Waals surface area contributed by atoms with Crippen LogP contribution in [0.15, 0.2) is 57.9 Å². The Bertz CT molecular complexity index is 917. The summed E-state index contributed by atoms with van der Waals surface area (Å²) in [5, 5.41) is 2.72. The Morgan fingerprint density at radius 1 is 1.07 bits per heavy atom. The van der Waals surface area contributed by atoms with Gasteiger partial charge in [-0.25, -0.2) is 8.42 Å². The number of para-hydroxylation sites is 2. The van der Waals surface area contributed by atoms with E-state index in [2.05, 4.69) is 26.0 Å². The van der Waals surface area contributed by atoms with Crippen LogP contribution in [-0.4, -0.2) is 40.6 Å². The molecule has 0 bridgehead atoms. The first kappa shape index (κ1) is 23.2. The second kappa shape index (κ2) is 10.6. The average Bonchev–Trinajstić information content (AvgIpc) is 2.69. The highest BCUT2D eigenvalue weighted by Crippen LogP contribution is 2.25. The van der Waals surface area contributed by atoms with Gasteiger partial charge in [0.05, 0.1) is 18.6 Å². The van der Waals surface area contributed by atoms with E-state index in [9.17, 15) is 13.2 Å². The van der Waals surface area contributed by atoms with E-state index in [1.54, 1.807) is 45.2 Å². The van der Waals surface area contributed by atoms with Gasteiger partial charge in [-0.05, 0) is 42.3 Å². The lowest BCUT2D eigenvalue weighted by Gasteiger charge is -2.22. The van der Waals surface area contributed by atoms with Gasteiger partial charge in [0.15, 0.2) is 11.5 Å². The minimum Gasteiger partial charge on any atom is -0.493 e. The van der Waals surface area contributed by atoms with Gasteiger partial charge in [0, 0.05) is 4.47 Å². The van der Waals surface area contributed by atoms with E-state index in [1.165, 1.54) is 12.1 Å². The number of amides is 1. The van der Waals surface area contributed by atoms with Crippen molar-refractivity contribution in [3.05, 3.63) is 53.0 Å². The number of hydrogen-bond donors (Lipinski definition) is 2. The molecule has 9 heteroatoms. The number of carbonyl (C=O) groups is 1. The molecule has 2 rings (SSSR count). The summed E-state index contributed by atoms with van der Waals surface area (Å²) < 4.78 is 39.3. The zero-order chi connectivity index (χ0) is 21.4. The van der Waals surface area contributed by atoms with Crippen molar-refractivity contribution >= 4 is 31.9 Å². The standard InChI is InChI=1S/C20H25BrN2O5S/c1-14(2)19(23-29(25,26)16-10-8-15(21)9-11-16)20(24)22-12-13-28-18-7-5-4-6-17(18)27-3/h4-11,14,19,23H,12-13H2,1-3H3,(H,22,24)/t19-/m0/s1. The van der Waals surface area contributed by atoms with Gasteiger partial charge in [0.25, 0.3) is 0 Å². The fourth-order valence-electron chi connectivity index (χ4n) is 2.52. The smallest absolute Gasteiger partial charge is 0.241 e. The first-order valence-corrected chi connectivity index (χ1v) is 11.3. The van der Waals surface area contributed by atoms with Crippen LogP contribution in [0.5, 0.6) is 11.5 Å². The number of ether oxygens (including phenoxy) is 2. The van der Waals surface area contributed by atoms with Gasteiger partial charge in [0.1, 0.15) is 12.6 Å². The number of carbonyl (C=O) groups excluding carboxylic acids is 1. The molecule has 0 aliphatic heterocycles. The third-order valence-corrected chi connectivity index (χ3v) is 6.07. The Kier molecular flexibility index (Phi) is 8.48. The van der Waals surface area contributed by atoms with Crippen LogP contribution in [0.25, 0.3) is 0 Å². The van der Waals surface area contributed by atoms with Crippen molar-refractivity contribution in [2.24, 2.45) is 5.92 Å². The highest BCUT2D eigenvalue weighted by molar-refractivity contribution is 9.10. The van der Waals surface area contributed by atoms with Crippen molar-refractivity contribution in [1.29, 1.82) is 0 Å². The third kappa shape index (κ3) is 6.73.